The van der Waals surface area contributed by atoms with Crippen LogP contribution in [0.25, 0.3) is 0 Å². The van der Waals surface area contributed by atoms with Crippen molar-refractivity contribution in [2.24, 2.45) is 7.05 Å². The van der Waals surface area contributed by atoms with E-state index < -0.39 is 0 Å². The minimum Gasteiger partial charge on any atom is -0.293 e. The highest BCUT2D eigenvalue weighted by molar-refractivity contribution is 7.12. The average molecular weight is 255 g/mol. The van der Waals surface area contributed by atoms with Crippen LogP contribution in [0.4, 0.5) is 0 Å². The topological polar surface area (TPSA) is 34.9 Å². The molecule has 84 valence electrons. The molecule has 0 N–H and O–H groups in total. The van der Waals surface area contributed by atoms with E-state index in [2.05, 4.69) is 5.10 Å². The molecule has 0 atom stereocenters. The highest BCUT2D eigenvalue weighted by Crippen LogP contribution is 2.22. The average Bonchev–Trinajstić information content (AvgIpc) is 2.83. The highest BCUT2D eigenvalue weighted by Gasteiger charge is 2.16. The first-order valence-electron chi connectivity index (χ1n) is 4.84. The fourth-order valence-electron chi connectivity index (χ4n) is 1.55. The molecule has 0 saturated heterocycles. The molecule has 0 aliphatic heterocycles. The lowest BCUT2D eigenvalue weighted by Crippen LogP contribution is -2.06. The number of aryl methyl sites for hydroxylation is 2. The Morgan fingerprint density at radius 3 is 2.88 bits per heavy atom. The molecule has 16 heavy (non-hydrogen) atoms. The van der Waals surface area contributed by atoms with E-state index in [4.69, 9.17) is 11.6 Å². The van der Waals surface area contributed by atoms with Crippen molar-refractivity contribution in [2.75, 3.05) is 0 Å². The molecule has 0 aliphatic carbocycles. The predicted molar refractivity (Wildman–Crippen MR) is 65.3 cm³/mol. The van der Waals surface area contributed by atoms with Crippen molar-refractivity contribution in [2.45, 2.75) is 13.3 Å². The summed E-state index contributed by atoms with van der Waals surface area (Å²) in [4.78, 5) is 12.7. The van der Waals surface area contributed by atoms with Gasteiger partial charge >= 0.3 is 0 Å². The minimum atomic E-state index is 0.0832. The van der Waals surface area contributed by atoms with Crippen LogP contribution >= 0.6 is 22.9 Å². The molecule has 0 aromatic carbocycles. The number of nitrogens with zero attached hydrogens (tertiary/aromatic N) is 2. The molecule has 0 saturated carbocycles. The van der Waals surface area contributed by atoms with E-state index in [1.165, 1.54) is 11.3 Å². The highest BCUT2D eigenvalue weighted by atomic mass is 35.5. The Kier molecular flexibility index (Phi) is 3.12. The number of carbonyl (C=O) groups excluding carboxylic acids is 1. The molecule has 0 amide bonds. The number of aromatic nitrogens is 2. The predicted octanol–water partition coefficient (Wildman–Crippen LogP) is 2.87. The number of Topliss-reactive ketones (excluding diaryl/α,β-unsaturated/α-hetero) is 1. The van der Waals surface area contributed by atoms with E-state index in [-0.39, 0.29) is 5.78 Å². The minimum absolute atomic E-state index is 0.0832. The number of halogens is 1. The van der Waals surface area contributed by atoms with Gasteiger partial charge in [-0.1, -0.05) is 17.7 Å². The van der Waals surface area contributed by atoms with Gasteiger partial charge in [-0.3, -0.25) is 9.48 Å². The standard InChI is InChI=1S/C11H11ClN2OS/c1-7-11(12)8(14(2)13-7)6-9(15)10-4-3-5-16-10/h3-5H,6H2,1-2H3. The Morgan fingerprint density at radius 2 is 2.38 bits per heavy atom. The molecule has 5 heteroatoms. The van der Waals surface area contributed by atoms with Gasteiger partial charge in [-0.05, 0) is 18.4 Å². The van der Waals surface area contributed by atoms with Crippen molar-refractivity contribution in [3.05, 3.63) is 38.8 Å². The number of carbonyl (C=O) groups is 1. The van der Waals surface area contributed by atoms with Crippen LogP contribution in [-0.4, -0.2) is 15.6 Å². The first-order chi connectivity index (χ1) is 7.59. The largest absolute Gasteiger partial charge is 0.293 e. The number of rotatable bonds is 3. The van der Waals surface area contributed by atoms with E-state index in [1.807, 2.05) is 24.4 Å². The molecule has 2 aromatic heterocycles. The van der Waals surface area contributed by atoms with Gasteiger partial charge < -0.3 is 0 Å². The fourth-order valence-corrected chi connectivity index (χ4v) is 2.44. The van der Waals surface area contributed by atoms with Gasteiger partial charge in [0.05, 0.1) is 27.7 Å². The molecule has 2 heterocycles. The lowest BCUT2D eigenvalue weighted by Gasteiger charge is -2.00. The van der Waals surface area contributed by atoms with Crippen molar-refractivity contribution < 1.29 is 4.79 Å². The fraction of sp³-hybridized carbons (Fsp3) is 0.273. The number of thiophene rings is 1. The lowest BCUT2D eigenvalue weighted by atomic mass is 10.2. The summed E-state index contributed by atoms with van der Waals surface area (Å²) in [5, 5.41) is 6.66. The van der Waals surface area contributed by atoms with E-state index in [9.17, 15) is 4.79 Å². The molecule has 0 aliphatic rings. The smallest absolute Gasteiger partial charge is 0.178 e. The van der Waals surface area contributed by atoms with Crippen LogP contribution in [0.2, 0.25) is 5.02 Å². The summed E-state index contributed by atoms with van der Waals surface area (Å²) in [5.74, 6) is 0.0832. The van der Waals surface area contributed by atoms with Crippen molar-refractivity contribution >= 4 is 28.7 Å². The summed E-state index contributed by atoms with van der Waals surface area (Å²) in [7, 11) is 1.80. The number of hydrogen-bond donors (Lipinski definition) is 0. The number of hydrogen-bond acceptors (Lipinski definition) is 3. The molecular formula is C11H11ClN2OS. The van der Waals surface area contributed by atoms with Crippen molar-refractivity contribution in [3.63, 3.8) is 0 Å². The van der Waals surface area contributed by atoms with Gasteiger partial charge in [0, 0.05) is 7.05 Å². The zero-order valence-electron chi connectivity index (χ0n) is 9.03. The van der Waals surface area contributed by atoms with E-state index in [1.54, 1.807) is 11.7 Å². The summed E-state index contributed by atoms with van der Waals surface area (Å²) in [6.07, 6.45) is 0.302. The maximum Gasteiger partial charge on any atom is 0.178 e. The molecule has 3 nitrogen and oxygen atoms in total. The van der Waals surface area contributed by atoms with Gasteiger partial charge in [0.2, 0.25) is 0 Å². The van der Waals surface area contributed by atoms with Gasteiger partial charge in [-0.25, -0.2) is 0 Å². The van der Waals surface area contributed by atoms with Gasteiger partial charge in [0.25, 0.3) is 0 Å². The molecule has 0 spiro atoms. The zero-order chi connectivity index (χ0) is 11.7. The summed E-state index contributed by atoms with van der Waals surface area (Å²) in [5.41, 5.74) is 1.54. The summed E-state index contributed by atoms with van der Waals surface area (Å²) < 4.78 is 1.67. The Hall–Kier alpha value is -1.13. The van der Waals surface area contributed by atoms with E-state index in [0.29, 0.717) is 11.4 Å². The second kappa shape index (κ2) is 4.39. The van der Waals surface area contributed by atoms with Gasteiger partial charge in [-0.15, -0.1) is 11.3 Å². The lowest BCUT2D eigenvalue weighted by molar-refractivity contribution is 0.0994. The van der Waals surface area contributed by atoms with Crippen LogP contribution in [0.1, 0.15) is 21.1 Å². The Bertz CT molecular complexity index is 516. The van der Waals surface area contributed by atoms with Gasteiger partial charge in [-0.2, -0.15) is 5.10 Å². The van der Waals surface area contributed by atoms with Crippen LogP contribution in [0.5, 0.6) is 0 Å². The quantitative estimate of drug-likeness (QED) is 0.790. The van der Waals surface area contributed by atoms with Crippen LogP contribution in [0.15, 0.2) is 17.5 Å². The van der Waals surface area contributed by atoms with Crippen LogP contribution < -0.4 is 0 Å². The molecule has 2 rings (SSSR count). The maximum atomic E-state index is 11.9. The SMILES string of the molecule is Cc1nn(C)c(CC(=O)c2cccs2)c1Cl. The first-order valence-corrected chi connectivity index (χ1v) is 6.10. The first kappa shape index (κ1) is 11.4. The van der Waals surface area contributed by atoms with E-state index in [0.717, 1.165) is 16.3 Å². The third kappa shape index (κ3) is 2.03. The second-order valence-corrected chi connectivity index (χ2v) is 4.87. The van der Waals surface area contributed by atoms with Crippen molar-refractivity contribution in [1.82, 2.24) is 9.78 Å². The molecule has 0 unspecified atom stereocenters. The summed E-state index contributed by atoms with van der Waals surface area (Å²) in [6.45, 7) is 1.83. The molecule has 0 radical (unpaired) electrons. The Balaban J connectivity index is 2.25. The molecule has 2 aromatic rings. The summed E-state index contributed by atoms with van der Waals surface area (Å²) in [6, 6.07) is 3.69. The Morgan fingerprint density at radius 1 is 1.62 bits per heavy atom. The van der Waals surface area contributed by atoms with Crippen LogP contribution in [-0.2, 0) is 13.5 Å². The zero-order valence-corrected chi connectivity index (χ0v) is 10.6. The van der Waals surface area contributed by atoms with Crippen LogP contribution in [0, 0.1) is 6.92 Å². The Labute approximate surface area is 103 Å². The molecular weight excluding hydrogens is 244 g/mol. The van der Waals surface area contributed by atoms with E-state index >= 15 is 0 Å². The normalized spacial score (nSPS) is 10.7. The third-order valence-electron chi connectivity index (χ3n) is 2.39. The third-order valence-corrected chi connectivity index (χ3v) is 3.79. The molecule has 0 fully saturated rings. The van der Waals surface area contributed by atoms with Crippen molar-refractivity contribution in [3.8, 4) is 0 Å². The monoisotopic (exact) mass is 254 g/mol. The van der Waals surface area contributed by atoms with Crippen LogP contribution in [0.3, 0.4) is 0 Å². The molecule has 0 bridgehead atoms. The van der Waals surface area contributed by atoms with Crippen molar-refractivity contribution in [1.29, 1.82) is 0 Å². The van der Waals surface area contributed by atoms with Gasteiger partial charge in [0.15, 0.2) is 5.78 Å². The maximum absolute atomic E-state index is 11.9. The second-order valence-electron chi connectivity index (χ2n) is 3.55. The summed E-state index contributed by atoms with van der Waals surface area (Å²) >= 11 is 7.53. The van der Waals surface area contributed by atoms with Gasteiger partial charge in [0.1, 0.15) is 0 Å². The number of ketones is 1.